The number of hydrazone groups is 1. The van der Waals surface area contributed by atoms with E-state index in [0.29, 0.717) is 0 Å². The third-order valence-corrected chi connectivity index (χ3v) is 4.69. The summed E-state index contributed by atoms with van der Waals surface area (Å²) in [7, 11) is 0. The van der Waals surface area contributed by atoms with Crippen LogP contribution in [-0.4, -0.2) is 22.2 Å². The van der Waals surface area contributed by atoms with E-state index in [-0.39, 0.29) is 11.3 Å². The summed E-state index contributed by atoms with van der Waals surface area (Å²) in [6.07, 6.45) is 4.41. The summed E-state index contributed by atoms with van der Waals surface area (Å²) < 4.78 is 0. The molecule has 0 unspecified atom stereocenters. The van der Waals surface area contributed by atoms with Gasteiger partial charge in [-0.15, -0.1) is 0 Å². The number of phenols is 1. The molecule has 4 aromatic rings. The van der Waals surface area contributed by atoms with Crippen molar-refractivity contribution < 1.29 is 9.90 Å². The van der Waals surface area contributed by atoms with Crippen LogP contribution in [0.25, 0.3) is 21.7 Å². The fourth-order valence-electron chi connectivity index (χ4n) is 3.27. The van der Waals surface area contributed by atoms with Gasteiger partial charge in [0.05, 0.1) is 11.8 Å². The third kappa shape index (κ3) is 3.15. The number of carbonyl (C=O) groups is 1. The van der Waals surface area contributed by atoms with Crippen LogP contribution in [-0.2, 0) is 6.42 Å². The van der Waals surface area contributed by atoms with E-state index in [2.05, 4.69) is 28.5 Å². The average Bonchev–Trinajstić information content (AvgIpc) is 3.10. The van der Waals surface area contributed by atoms with Crippen LogP contribution in [0.15, 0.2) is 65.9 Å². The number of amides is 1. The van der Waals surface area contributed by atoms with Crippen molar-refractivity contribution >= 4 is 33.8 Å². The number of hydrogen-bond donors (Lipinski definition) is 3. The molecule has 1 aromatic heterocycles. The van der Waals surface area contributed by atoms with E-state index in [1.54, 1.807) is 18.3 Å². The number of para-hydroxylation sites is 1. The number of H-pyrrole nitrogens is 1. The Hall–Kier alpha value is -3.60. The number of phenolic OH excluding ortho intramolecular Hbond substituents is 1. The lowest BCUT2D eigenvalue weighted by atomic mass is 10.1. The highest BCUT2D eigenvalue weighted by Crippen LogP contribution is 2.25. The quantitative estimate of drug-likeness (QED) is 0.375. The van der Waals surface area contributed by atoms with Crippen LogP contribution in [0.3, 0.4) is 0 Å². The number of aryl methyl sites for hydroxylation is 1. The van der Waals surface area contributed by atoms with Crippen molar-refractivity contribution in [1.82, 2.24) is 10.4 Å². The van der Waals surface area contributed by atoms with E-state index in [1.807, 2.05) is 42.6 Å². The maximum Gasteiger partial charge on any atom is 0.275 e. The number of nitrogens with zero attached hydrogens (tertiary/aromatic N) is 1. The van der Waals surface area contributed by atoms with Gasteiger partial charge < -0.3 is 10.1 Å². The number of benzene rings is 3. The maximum absolute atomic E-state index is 12.4. The molecule has 4 rings (SSSR count). The second kappa shape index (κ2) is 6.96. The molecule has 0 atom stereocenters. The Balaban J connectivity index is 1.57. The lowest BCUT2D eigenvalue weighted by molar-refractivity contribution is 0.0952. The van der Waals surface area contributed by atoms with Crippen LogP contribution in [0.1, 0.15) is 28.4 Å². The minimum absolute atomic E-state index is 0.0684. The van der Waals surface area contributed by atoms with Crippen LogP contribution in [0.4, 0.5) is 0 Å². The monoisotopic (exact) mass is 357 g/mol. The zero-order valence-corrected chi connectivity index (χ0v) is 14.9. The second-order valence-electron chi connectivity index (χ2n) is 6.35. The summed E-state index contributed by atoms with van der Waals surface area (Å²) in [6, 6.07) is 16.9. The number of aromatic nitrogens is 1. The number of fused-ring (bicyclic) bond motifs is 2. The zero-order valence-electron chi connectivity index (χ0n) is 14.9. The number of carbonyl (C=O) groups excluding carboxylic acids is 1. The molecule has 1 amide bonds. The Morgan fingerprint density at radius 1 is 1.15 bits per heavy atom. The molecule has 1 heterocycles. The fraction of sp³-hybridized carbons (Fsp3) is 0.0909. The second-order valence-corrected chi connectivity index (χ2v) is 6.35. The molecule has 0 bridgehead atoms. The first-order chi connectivity index (χ1) is 13.2. The first-order valence-electron chi connectivity index (χ1n) is 8.81. The third-order valence-electron chi connectivity index (χ3n) is 4.69. The van der Waals surface area contributed by atoms with Crippen molar-refractivity contribution in [3.63, 3.8) is 0 Å². The van der Waals surface area contributed by atoms with E-state index < -0.39 is 5.91 Å². The summed E-state index contributed by atoms with van der Waals surface area (Å²) in [5, 5.41) is 17.0. The summed E-state index contributed by atoms with van der Waals surface area (Å²) in [5.41, 5.74) is 5.89. The first-order valence-corrected chi connectivity index (χ1v) is 8.81. The first kappa shape index (κ1) is 16.8. The lowest BCUT2D eigenvalue weighted by Crippen LogP contribution is -2.17. The predicted octanol–water partition coefficient (Wildman–Crippen LogP) is 4.35. The van der Waals surface area contributed by atoms with E-state index in [0.717, 1.165) is 33.7 Å². The molecule has 5 nitrogen and oxygen atoms in total. The van der Waals surface area contributed by atoms with Gasteiger partial charge in [-0.25, -0.2) is 5.43 Å². The molecule has 0 fully saturated rings. The number of aromatic amines is 1. The number of rotatable bonds is 4. The average molecular weight is 357 g/mol. The van der Waals surface area contributed by atoms with Gasteiger partial charge in [-0.3, -0.25) is 4.79 Å². The van der Waals surface area contributed by atoms with Gasteiger partial charge in [0.25, 0.3) is 5.91 Å². The van der Waals surface area contributed by atoms with Gasteiger partial charge >= 0.3 is 0 Å². The smallest absolute Gasteiger partial charge is 0.275 e. The van der Waals surface area contributed by atoms with Crippen LogP contribution in [0.5, 0.6) is 5.75 Å². The number of nitrogens with one attached hydrogen (secondary N) is 2. The van der Waals surface area contributed by atoms with Crippen molar-refractivity contribution in [2.24, 2.45) is 5.10 Å². The Morgan fingerprint density at radius 2 is 1.93 bits per heavy atom. The largest absolute Gasteiger partial charge is 0.507 e. The van der Waals surface area contributed by atoms with Crippen molar-refractivity contribution in [1.29, 1.82) is 0 Å². The van der Waals surface area contributed by atoms with Crippen molar-refractivity contribution in [3.8, 4) is 5.75 Å². The predicted molar refractivity (Wildman–Crippen MR) is 108 cm³/mol. The van der Waals surface area contributed by atoms with Gasteiger partial charge in [0, 0.05) is 22.7 Å². The molecule has 3 N–H and O–H groups in total. The molecule has 0 aliphatic carbocycles. The van der Waals surface area contributed by atoms with Gasteiger partial charge in [0.15, 0.2) is 0 Å². The van der Waals surface area contributed by atoms with Gasteiger partial charge in [-0.05, 0) is 34.9 Å². The molecular formula is C22H19N3O2. The summed E-state index contributed by atoms with van der Waals surface area (Å²) >= 11 is 0. The van der Waals surface area contributed by atoms with Gasteiger partial charge in [0.1, 0.15) is 5.75 Å². The maximum atomic E-state index is 12.4. The molecule has 0 saturated heterocycles. The Morgan fingerprint density at radius 3 is 2.70 bits per heavy atom. The van der Waals surface area contributed by atoms with Crippen molar-refractivity contribution in [3.05, 3.63) is 77.5 Å². The van der Waals surface area contributed by atoms with Crippen LogP contribution >= 0.6 is 0 Å². The zero-order chi connectivity index (χ0) is 18.8. The van der Waals surface area contributed by atoms with Crippen LogP contribution in [0, 0.1) is 0 Å². The molecule has 0 saturated carbocycles. The van der Waals surface area contributed by atoms with Gasteiger partial charge in [0.2, 0.25) is 0 Å². The molecule has 5 heteroatoms. The summed E-state index contributed by atoms with van der Waals surface area (Å²) in [4.78, 5) is 15.7. The van der Waals surface area contributed by atoms with Crippen molar-refractivity contribution in [2.45, 2.75) is 13.3 Å². The van der Waals surface area contributed by atoms with Crippen molar-refractivity contribution in [2.75, 3.05) is 0 Å². The van der Waals surface area contributed by atoms with E-state index in [1.165, 1.54) is 5.56 Å². The highest BCUT2D eigenvalue weighted by molar-refractivity contribution is 6.03. The SMILES string of the molecule is CCc1cccc2c(C=NNC(=O)c3cc4ccccc4cc3O)c[nH]c12. The molecule has 27 heavy (non-hydrogen) atoms. The Kier molecular flexibility index (Phi) is 4.34. The minimum atomic E-state index is -0.455. The van der Waals surface area contributed by atoms with E-state index >= 15 is 0 Å². The number of aromatic hydroxyl groups is 1. The highest BCUT2D eigenvalue weighted by atomic mass is 16.3. The number of hydrogen-bond acceptors (Lipinski definition) is 3. The van der Waals surface area contributed by atoms with Gasteiger partial charge in [-0.2, -0.15) is 5.10 Å². The van der Waals surface area contributed by atoms with Crippen LogP contribution in [0.2, 0.25) is 0 Å². The summed E-state index contributed by atoms with van der Waals surface area (Å²) in [6.45, 7) is 2.11. The minimum Gasteiger partial charge on any atom is -0.507 e. The molecule has 134 valence electrons. The molecular weight excluding hydrogens is 338 g/mol. The Labute approximate surface area is 156 Å². The fourth-order valence-corrected chi connectivity index (χ4v) is 3.27. The molecule has 0 radical (unpaired) electrons. The lowest BCUT2D eigenvalue weighted by Gasteiger charge is -2.05. The molecule has 0 aliphatic rings. The Bertz CT molecular complexity index is 1170. The molecule has 3 aromatic carbocycles. The highest BCUT2D eigenvalue weighted by Gasteiger charge is 2.12. The van der Waals surface area contributed by atoms with Crippen LogP contribution < -0.4 is 5.43 Å². The topological polar surface area (TPSA) is 77.5 Å². The van der Waals surface area contributed by atoms with Gasteiger partial charge in [-0.1, -0.05) is 49.4 Å². The van der Waals surface area contributed by atoms with E-state index in [4.69, 9.17) is 0 Å². The normalized spacial score (nSPS) is 11.4. The standard InChI is InChI=1S/C22H19N3O2/c1-2-14-8-5-9-18-17(12-23-21(14)18)13-24-25-22(27)19-10-15-6-3-4-7-16(15)11-20(19)26/h3-13,23,26H,2H2,1H3,(H,25,27). The molecule has 0 aliphatic heterocycles. The van der Waals surface area contributed by atoms with E-state index in [9.17, 15) is 9.90 Å². The summed E-state index contributed by atoms with van der Waals surface area (Å²) in [5.74, 6) is -0.523. The molecule has 0 spiro atoms.